The number of aliphatic hydroxyl groups excluding tert-OH is 1. The van der Waals surface area contributed by atoms with E-state index in [9.17, 15) is 9.90 Å². The molecular formula is C20H18O4S. The molecule has 128 valence electrons. The van der Waals surface area contributed by atoms with Gasteiger partial charge in [0.2, 0.25) is 0 Å². The number of benzene rings is 2. The summed E-state index contributed by atoms with van der Waals surface area (Å²) < 4.78 is 11.5. The summed E-state index contributed by atoms with van der Waals surface area (Å²) in [4.78, 5) is 12.8. The Hall–Kier alpha value is -2.24. The predicted molar refractivity (Wildman–Crippen MR) is 98.2 cm³/mol. The van der Waals surface area contributed by atoms with Gasteiger partial charge in [-0.05, 0) is 44.2 Å². The molecule has 5 heteroatoms. The van der Waals surface area contributed by atoms with Crippen LogP contribution in [0.1, 0.15) is 24.7 Å². The monoisotopic (exact) mass is 354 g/mol. The summed E-state index contributed by atoms with van der Waals surface area (Å²) in [7, 11) is 0. The first-order chi connectivity index (χ1) is 12.0. The summed E-state index contributed by atoms with van der Waals surface area (Å²) in [6.07, 6.45) is -0.763. The van der Waals surface area contributed by atoms with Crippen molar-refractivity contribution in [2.75, 3.05) is 0 Å². The van der Waals surface area contributed by atoms with Crippen molar-refractivity contribution in [2.24, 2.45) is 0 Å². The van der Waals surface area contributed by atoms with Crippen LogP contribution in [-0.2, 0) is 0 Å². The molecule has 1 N–H and O–H groups in total. The first-order valence-electron chi connectivity index (χ1n) is 8.11. The van der Waals surface area contributed by atoms with E-state index in [0.717, 1.165) is 15.8 Å². The van der Waals surface area contributed by atoms with Crippen molar-refractivity contribution in [2.45, 2.75) is 35.7 Å². The Bertz CT molecular complexity index is 978. The Labute approximate surface area is 149 Å². The number of ether oxygens (including phenoxy) is 1. The van der Waals surface area contributed by atoms with Gasteiger partial charge in [-0.15, -0.1) is 11.8 Å². The quantitative estimate of drug-likeness (QED) is 0.700. The van der Waals surface area contributed by atoms with Gasteiger partial charge in [-0.25, -0.2) is 4.79 Å². The van der Waals surface area contributed by atoms with E-state index in [0.29, 0.717) is 11.3 Å². The molecule has 3 aromatic rings. The van der Waals surface area contributed by atoms with Gasteiger partial charge in [0, 0.05) is 16.3 Å². The minimum Gasteiger partial charge on any atom is -0.485 e. The van der Waals surface area contributed by atoms with Crippen LogP contribution in [0.3, 0.4) is 0 Å². The molecule has 1 aliphatic rings. The number of rotatable bonds is 2. The largest absolute Gasteiger partial charge is 0.485 e. The van der Waals surface area contributed by atoms with Gasteiger partial charge in [-0.2, -0.15) is 0 Å². The Morgan fingerprint density at radius 3 is 2.52 bits per heavy atom. The Morgan fingerprint density at radius 1 is 1.04 bits per heavy atom. The maximum absolute atomic E-state index is 11.8. The topological polar surface area (TPSA) is 59.7 Å². The SMILES string of the molecule is CC1(C)Oc2ccc3ccc(=O)oc3c2[C@@H](Sc2ccccc2)[C@@H]1O. The molecule has 0 amide bonds. The fourth-order valence-corrected chi connectivity index (χ4v) is 4.53. The summed E-state index contributed by atoms with van der Waals surface area (Å²) in [5.41, 5.74) is 0.0508. The summed E-state index contributed by atoms with van der Waals surface area (Å²) >= 11 is 1.55. The van der Waals surface area contributed by atoms with E-state index in [1.165, 1.54) is 6.07 Å². The number of aliphatic hydroxyl groups is 1. The van der Waals surface area contributed by atoms with Crippen LogP contribution in [0.5, 0.6) is 5.75 Å². The number of hydrogen-bond donors (Lipinski definition) is 1. The van der Waals surface area contributed by atoms with Gasteiger partial charge in [0.05, 0.1) is 10.8 Å². The van der Waals surface area contributed by atoms with Crippen molar-refractivity contribution in [1.29, 1.82) is 0 Å². The molecule has 1 aliphatic heterocycles. The lowest BCUT2D eigenvalue weighted by Gasteiger charge is -2.41. The van der Waals surface area contributed by atoms with Crippen LogP contribution in [0.4, 0.5) is 0 Å². The lowest BCUT2D eigenvalue weighted by atomic mass is 9.89. The van der Waals surface area contributed by atoms with Crippen molar-refractivity contribution < 1.29 is 14.3 Å². The maximum atomic E-state index is 11.8. The molecule has 2 atom stereocenters. The molecule has 0 unspecified atom stereocenters. The van der Waals surface area contributed by atoms with Crippen LogP contribution in [0.15, 0.2) is 68.7 Å². The molecule has 0 radical (unpaired) electrons. The average Bonchev–Trinajstić information content (AvgIpc) is 2.59. The number of hydrogen-bond acceptors (Lipinski definition) is 5. The maximum Gasteiger partial charge on any atom is 0.336 e. The second kappa shape index (κ2) is 5.93. The summed E-state index contributed by atoms with van der Waals surface area (Å²) in [5, 5.41) is 11.5. The van der Waals surface area contributed by atoms with Crippen LogP contribution in [-0.4, -0.2) is 16.8 Å². The van der Waals surface area contributed by atoms with Gasteiger partial charge in [0.15, 0.2) is 0 Å². The molecule has 1 aromatic heterocycles. The normalized spacial score (nSPS) is 21.6. The highest BCUT2D eigenvalue weighted by molar-refractivity contribution is 7.99. The van der Waals surface area contributed by atoms with Crippen LogP contribution in [0, 0.1) is 0 Å². The third-order valence-corrected chi connectivity index (χ3v) is 5.74. The van der Waals surface area contributed by atoms with Crippen molar-refractivity contribution in [3.05, 3.63) is 70.6 Å². The van der Waals surface area contributed by atoms with Crippen LogP contribution in [0.25, 0.3) is 11.0 Å². The minimum atomic E-state index is -0.763. The zero-order chi connectivity index (χ0) is 17.6. The number of fused-ring (bicyclic) bond motifs is 3. The molecule has 0 aliphatic carbocycles. The highest BCUT2D eigenvalue weighted by Crippen LogP contribution is 2.51. The Kier molecular flexibility index (Phi) is 3.85. The molecule has 4 nitrogen and oxygen atoms in total. The molecule has 25 heavy (non-hydrogen) atoms. The molecule has 2 heterocycles. The van der Waals surface area contributed by atoms with Gasteiger partial charge in [-0.1, -0.05) is 18.2 Å². The zero-order valence-corrected chi connectivity index (χ0v) is 14.7. The Morgan fingerprint density at radius 2 is 1.76 bits per heavy atom. The molecule has 0 spiro atoms. The van der Waals surface area contributed by atoms with Crippen LogP contribution >= 0.6 is 11.8 Å². The smallest absolute Gasteiger partial charge is 0.336 e. The Balaban J connectivity index is 1.93. The summed E-state index contributed by atoms with van der Waals surface area (Å²) in [5.74, 6) is 0.644. The first kappa shape index (κ1) is 16.2. The highest BCUT2D eigenvalue weighted by atomic mass is 32.2. The van der Waals surface area contributed by atoms with E-state index < -0.39 is 17.3 Å². The standard InChI is InChI=1S/C20H18O4S/c1-20(2)19(22)18(25-13-6-4-3-5-7-13)16-14(24-20)10-8-12-9-11-15(21)23-17(12)16/h3-11,18-19,22H,1-2H3/t18-,19+/m1/s1. The molecule has 0 bridgehead atoms. The van der Waals surface area contributed by atoms with Gasteiger partial charge >= 0.3 is 5.63 Å². The second-order valence-electron chi connectivity index (χ2n) is 6.65. The highest BCUT2D eigenvalue weighted by Gasteiger charge is 2.44. The molecule has 0 saturated heterocycles. The van der Waals surface area contributed by atoms with Gasteiger partial charge in [-0.3, -0.25) is 0 Å². The van der Waals surface area contributed by atoms with Crippen molar-refractivity contribution >= 4 is 22.7 Å². The zero-order valence-electron chi connectivity index (χ0n) is 13.9. The third-order valence-electron chi connectivity index (χ3n) is 4.45. The van der Waals surface area contributed by atoms with E-state index in [1.807, 2.05) is 56.3 Å². The lowest BCUT2D eigenvalue weighted by molar-refractivity contribution is -0.0427. The third kappa shape index (κ3) is 2.83. The van der Waals surface area contributed by atoms with Gasteiger partial charge in [0.1, 0.15) is 23.0 Å². The summed E-state index contributed by atoms with van der Waals surface area (Å²) in [6.45, 7) is 3.73. The molecule has 0 saturated carbocycles. The minimum absolute atomic E-state index is 0.310. The van der Waals surface area contributed by atoms with E-state index in [4.69, 9.17) is 9.15 Å². The molecule has 2 aromatic carbocycles. The van der Waals surface area contributed by atoms with E-state index in [1.54, 1.807) is 17.8 Å². The van der Waals surface area contributed by atoms with Crippen molar-refractivity contribution in [3.63, 3.8) is 0 Å². The predicted octanol–water partition coefficient (Wildman–Crippen LogP) is 4.16. The second-order valence-corrected chi connectivity index (χ2v) is 7.87. The summed E-state index contributed by atoms with van der Waals surface area (Å²) in [6, 6.07) is 16.8. The van der Waals surface area contributed by atoms with Crippen molar-refractivity contribution in [1.82, 2.24) is 0 Å². The first-order valence-corrected chi connectivity index (χ1v) is 8.99. The number of thioether (sulfide) groups is 1. The molecular weight excluding hydrogens is 336 g/mol. The lowest BCUT2D eigenvalue weighted by Crippen LogP contribution is -2.48. The fraction of sp³-hybridized carbons (Fsp3) is 0.250. The molecule has 4 rings (SSSR count). The van der Waals surface area contributed by atoms with E-state index in [2.05, 4.69) is 0 Å². The average molecular weight is 354 g/mol. The van der Waals surface area contributed by atoms with Crippen LogP contribution < -0.4 is 10.4 Å². The van der Waals surface area contributed by atoms with Gasteiger partial charge < -0.3 is 14.3 Å². The van der Waals surface area contributed by atoms with E-state index >= 15 is 0 Å². The van der Waals surface area contributed by atoms with Crippen LogP contribution in [0.2, 0.25) is 0 Å². The van der Waals surface area contributed by atoms with E-state index in [-0.39, 0.29) is 5.25 Å². The molecule has 0 fully saturated rings. The van der Waals surface area contributed by atoms with Gasteiger partial charge in [0.25, 0.3) is 0 Å². The van der Waals surface area contributed by atoms with Crippen molar-refractivity contribution in [3.8, 4) is 5.75 Å². The fourth-order valence-electron chi connectivity index (χ4n) is 3.13.